The summed E-state index contributed by atoms with van der Waals surface area (Å²) in [5.74, 6) is 0.553. The van der Waals surface area contributed by atoms with Gasteiger partial charge in [0.2, 0.25) is 5.95 Å². The van der Waals surface area contributed by atoms with Crippen LogP contribution in [0.25, 0.3) is 11.4 Å². The molecule has 138 valence electrons. The zero-order valence-electron chi connectivity index (χ0n) is 14.7. The van der Waals surface area contributed by atoms with Crippen LogP contribution in [0.2, 0.25) is 0 Å². The molecule has 0 aliphatic rings. The number of carbonyl (C=O) groups is 1. The molecule has 3 aromatic rings. The van der Waals surface area contributed by atoms with E-state index in [0.29, 0.717) is 23.8 Å². The Morgan fingerprint density at radius 2 is 1.96 bits per heavy atom. The molecule has 0 saturated heterocycles. The van der Waals surface area contributed by atoms with Gasteiger partial charge in [-0.3, -0.25) is 9.78 Å². The lowest BCUT2D eigenvalue weighted by Crippen LogP contribution is -2.15. The molecule has 0 amide bonds. The van der Waals surface area contributed by atoms with Gasteiger partial charge in [0.15, 0.2) is 0 Å². The average molecular weight is 365 g/mol. The molecule has 2 heterocycles. The van der Waals surface area contributed by atoms with E-state index in [1.54, 1.807) is 19.4 Å². The molecule has 0 atom stereocenters. The summed E-state index contributed by atoms with van der Waals surface area (Å²) in [6, 6.07) is 15.0. The number of hydrogen-bond donors (Lipinski definition) is 3. The summed E-state index contributed by atoms with van der Waals surface area (Å²) in [4.78, 5) is 23.8. The van der Waals surface area contributed by atoms with Crippen molar-refractivity contribution in [2.45, 2.75) is 6.54 Å². The Bertz CT molecular complexity index is 918. The van der Waals surface area contributed by atoms with E-state index in [2.05, 4.69) is 25.6 Å². The minimum absolute atomic E-state index is 0.216. The van der Waals surface area contributed by atoms with Crippen molar-refractivity contribution in [1.29, 1.82) is 0 Å². The Balaban J connectivity index is 1.83. The van der Waals surface area contributed by atoms with Crippen molar-refractivity contribution in [1.82, 2.24) is 15.0 Å². The number of ether oxygens (including phenoxy) is 1. The molecule has 3 rings (SSSR count). The minimum atomic E-state index is -0.993. The van der Waals surface area contributed by atoms with Crippen molar-refractivity contribution >= 4 is 17.7 Å². The maximum absolute atomic E-state index is 10.8. The number of methoxy groups -OCH3 is 1. The Morgan fingerprint density at radius 1 is 1.07 bits per heavy atom. The van der Waals surface area contributed by atoms with Gasteiger partial charge in [-0.1, -0.05) is 18.2 Å². The molecular formula is C19H19N5O3. The van der Waals surface area contributed by atoms with Crippen LogP contribution in [0.1, 0.15) is 5.56 Å². The van der Waals surface area contributed by atoms with Gasteiger partial charge in [0.05, 0.1) is 18.5 Å². The number of aliphatic carboxylic acids is 1. The van der Waals surface area contributed by atoms with Gasteiger partial charge in [-0.25, -0.2) is 4.98 Å². The van der Waals surface area contributed by atoms with Crippen LogP contribution in [-0.2, 0) is 11.3 Å². The Kier molecular flexibility index (Phi) is 5.78. The number of rotatable bonds is 8. The summed E-state index contributed by atoms with van der Waals surface area (Å²) in [5.41, 5.74) is 2.28. The van der Waals surface area contributed by atoms with Crippen molar-refractivity contribution in [3.05, 3.63) is 60.3 Å². The number of anilines is 2. The van der Waals surface area contributed by atoms with E-state index in [-0.39, 0.29) is 12.5 Å². The Labute approximate surface area is 156 Å². The van der Waals surface area contributed by atoms with Gasteiger partial charge < -0.3 is 20.5 Å². The zero-order chi connectivity index (χ0) is 19.1. The van der Waals surface area contributed by atoms with E-state index in [0.717, 1.165) is 11.3 Å². The van der Waals surface area contributed by atoms with Gasteiger partial charge in [-0.15, -0.1) is 0 Å². The third-order valence-electron chi connectivity index (χ3n) is 3.66. The van der Waals surface area contributed by atoms with Crippen molar-refractivity contribution in [2.75, 3.05) is 24.3 Å². The lowest BCUT2D eigenvalue weighted by atomic mass is 10.2. The van der Waals surface area contributed by atoms with E-state index in [1.165, 1.54) is 0 Å². The maximum Gasteiger partial charge on any atom is 0.322 e. The fraction of sp³-hybridized carbons (Fsp3) is 0.158. The van der Waals surface area contributed by atoms with Crippen molar-refractivity contribution in [2.24, 2.45) is 0 Å². The first-order chi connectivity index (χ1) is 13.1. The van der Waals surface area contributed by atoms with Crippen LogP contribution in [0.3, 0.4) is 0 Å². The molecule has 2 aromatic heterocycles. The van der Waals surface area contributed by atoms with Gasteiger partial charge >= 0.3 is 5.97 Å². The van der Waals surface area contributed by atoms with Gasteiger partial charge in [0.1, 0.15) is 18.1 Å². The van der Waals surface area contributed by atoms with E-state index >= 15 is 0 Å². The minimum Gasteiger partial charge on any atom is -0.497 e. The SMILES string of the molecule is COc1cccc(CNc2cc(-c3ccccn3)nc(NCC(=O)O)n2)c1. The van der Waals surface area contributed by atoms with Gasteiger partial charge in [0, 0.05) is 18.8 Å². The van der Waals surface area contributed by atoms with E-state index in [1.807, 2.05) is 42.5 Å². The normalized spacial score (nSPS) is 10.3. The molecule has 0 radical (unpaired) electrons. The van der Waals surface area contributed by atoms with Crippen molar-refractivity contribution in [3.63, 3.8) is 0 Å². The second-order valence-electron chi connectivity index (χ2n) is 5.63. The number of aromatic nitrogens is 3. The van der Waals surface area contributed by atoms with Crippen molar-refractivity contribution in [3.8, 4) is 17.1 Å². The van der Waals surface area contributed by atoms with E-state index in [4.69, 9.17) is 9.84 Å². The molecule has 0 saturated carbocycles. The number of carboxylic acid groups (broad SMARTS) is 1. The van der Waals surface area contributed by atoms with E-state index in [9.17, 15) is 4.79 Å². The van der Waals surface area contributed by atoms with Gasteiger partial charge in [-0.2, -0.15) is 4.98 Å². The molecule has 3 N–H and O–H groups in total. The first-order valence-corrected chi connectivity index (χ1v) is 8.27. The second kappa shape index (κ2) is 8.61. The van der Waals surface area contributed by atoms with Crippen LogP contribution in [0.5, 0.6) is 5.75 Å². The van der Waals surface area contributed by atoms with Crippen LogP contribution in [0.4, 0.5) is 11.8 Å². The molecule has 1 aromatic carbocycles. The highest BCUT2D eigenvalue weighted by Gasteiger charge is 2.09. The van der Waals surface area contributed by atoms with Crippen LogP contribution < -0.4 is 15.4 Å². The highest BCUT2D eigenvalue weighted by molar-refractivity contribution is 5.72. The first-order valence-electron chi connectivity index (χ1n) is 8.27. The fourth-order valence-corrected chi connectivity index (χ4v) is 2.39. The summed E-state index contributed by atoms with van der Waals surface area (Å²) in [6.45, 7) is 0.245. The van der Waals surface area contributed by atoms with E-state index < -0.39 is 5.97 Å². The summed E-state index contributed by atoms with van der Waals surface area (Å²) >= 11 is 0. The molecule has 0 aliphatic carbocycles. The number of nitrogens with one attached hydrogen (secondary N) is 2. The Morgan fingerprint density at radius 3 is 2.70 bits per heavy atom. The quantitative estimate of drug-likeness (QED) is 0.559. The summed E-state index contributed by atoms with van der Waals surface area (Å²) in [7, 11) is 1.62. The lowest BCUT2D eigenvalue weighted by molar-refractivity contribution is -0.134. The van der Waals surface area contributed by atoms with Crippen molar-refractivity contribution < 1.29 is 14.6 Å². The second-order valence-corrected chi connectivity index (χ2v) is 5.63. The lowest BCUT2D eigenvalue weighted by Gasteiger charge is -2.11. The average Bonchev–Trinajstić information content (AvgIpc) is 2.71. The standard InChI is InChI=1S/C19H19N5O3/c1-27-14-6-4-5-13(9-14)11-21-17-10-16(15-7-2-3-8-20-15)23-19(24-17)22-12-18(25)26/h2-10H,11-12H2,1H3,(H,25,26)(H2,21,22,23,24). The molecule has 0 aliphatic heterocycles. The summed E-state index contributed by atoms with van der Waals surface area (Å²) < 4.78 is 5.23. The first kappa shape index (κ1) is 18.1. The third kappa shape index (κ3) is 5.15. The predicted octanol–water partition coefficient (Wildman–Crippen LogP) is 2.66. The van der Waals surface area contributed by atoms with Crippen LogP contribution in [0.15, 0.2) is 54.7 Å². The molecule has 27 heavy (non-hydrogen) atoms. The predicted molar refractivity (Wildman–Crippen MR) is 102 cm³/mol. The highest BCUT2D eigenvalue weighted by atomic mass is 16.5. The molecular weight excluding hydrogens is 346 g/mol. The van der Waals surface area contributed by atoms with Crippen LogP contribution >= 0.6 is 0 Å². The smallest absolute Gasteiger partial charge is 0.322 e. The maximum atomic E-state index is 10.8. The topological polar surface area (TPSA) is 109 Å². The summed E-state index contributed by atoms with van der Waals surface area (Å²) in [6.07, 6.45) is 1.67. The number of carboxylic acids is 1. The van der Waals surface area contributed by atoms with Gasteiger partial charge in [-0.05, 0) is 29.8 Å². The van der Waals surface area contributed by atoms with Gasteiger partial charge in [0.25, 0.3) is 0 Å². The van der Waals surface area contributed by atoms with Crippen LogP contribution in [-0.4, -0.2) is 39.7 Å². The number of hydrogen-bond acceptors (Lipinski definition) is 7. The van der Waals surface area contributed by atoms with Crippen LogP contribution in [0, 0.1) is 0 Å². The molecule has 0 fully saturated rings. The largest absolute Gasteiger partial charge is 0.497 e. The third-order valence-corrected chi connectivity index (χ3v) is 3.66. The fourth-order valence-electron chi connectivity index (χ4n) is 2.39. The number of nitrogens with zero attached hydrogens (tertiary/aromatic N) is 3. The molecule has 8 heteroatoms. The molecule has 0 unspecified atom stereocenters. The number of pyridine rings is 1. The summed E-state index contributed by atoms with van der Waals surface area (Å²) in [5, 5.41) is 14.8. The zero-order valence-corrected chi connectivity index (χ0v) is 14.7. The number of benzene rings is 1. The Hall–Kier alpha value is -3.68. The molecule has 8 nitrogen and oxygen atoms in total. The molecule has 0 bridgehead atoms. The highest BCUT2D eigenvalue weighted by Crippen LogP contribution is 2.20. The molecule has 0 spiro atoms. The monoisotopic (exact) mass is 365 g/mol.